The van der Waals surface area contributed by atoms with E-state index < -0.39 is 0 Å². The number of rotatable bonds is 6. The van der Waals surface area contributed by atoms with Gasteiger partial charge in [0.2, 0.25) is 0 Å². The zero-order valence-corrected chi connectivity index (χ0v) is 16.6. The second-order valence-electron chi connectivity index (χ2n) is 6.94. The maximum Gasteiger partial charge on any atom is 0.253 e. The molecule has 0 saturated carbocycles. The summed E-state index contributed by atoms with van der Waals surface area (Å²) in [6.45, 7) is 2.48. The number of aliphatic hydroxyl groups is 1. The standard InChI is InChI=1S/C19H24N6O2S/c1-25(9-10-26)15-5-4-14(28-15)17-23-16-13(6-8-21-18(16)24-17)19(27)22-12-3-2-7-20-11-12/h4-6,8,12,20,26H,2-3,7,9-11H2,1H3,(H,22,27)(H,21,23,24). The van der Waals surface area contributed by atoms with Crippen LogP contribution >= 0.6 is 11.3 Å². The summed E-state index contributed by atoms with van der Waals surface area (Å²) >= 11 is 1.58. The minimum atomic E-state index is -0.106. The van der Waals surface area contributed by atoms with Gasteiger partial charge in [0.05, 0.1) is 27.6 Å². The van der Waals surface area contributed by atoms with E-state index in [2.05, 4.69) is 25.6 Å². The second-order valence-corrected chi connectivity index (χ2v) is 8.00. The Bertz CT molecular complexity index is 962. The quantitative estimate of drug-likeness (QED) is 0.501. The van der Waals surface area contributed by atoms with Crippen molar-refractivity contribution in [3.63, 3.8) is 0 Å². The van der Waals surface area contributed by atoms with Gasteiger partial charge in [-0.25, -0.2) is 9.97 Å². The van der Waals surface area contributed by atoms with Crippen molar-refractivity contribution in [2.24, 2.45) is 0 Å². The molecular weight excluding hydrogens is 376 g/mol. The molecule has 1 saturated heterocycles. The van der Waals surface area contributed by atoms with Gasteiger partial charge in [-0.2, -0.15) is 0 Å². The number of hydrogen-bond donors (Lipinski definition) is 4. The molecule has 28 heavy (non-hydrogen) atoms. The molecule has 4 rings (SSSR count). The van der Waals surface area contributed by atoms with Crippen molar-refractivity contribution in [2.45, 2.75) is 18.9 Å². The molecule has 3 aromatic heterocycles. The van der Waals surface area contributed by atoms with Crippen LogP contribution in [0.25, 0.3) is 21.9 Å². The van der Waals surface area contributed by atoms with Crippen molar-refractivity contribution in [3.8, 4) is 10.7 Å². The molecule has 0 radical (unpaired) electrons. The third-order valence-corrected chi connectivity index (χ3v) is 6.11. The summed E-state index contributed by atoms with van der Waals surface area (Å²) in [6, 6.07) is 5.86. The van der Waals surface area contributed by atoms with Crippen molar-refractivity contribution in [3.05, 3.63) is 30.0 Å². The molecule has 1 aliphatic rings. The van der Waals surface area contributed by atoms with Gasteiger partial charge in [0.1, 0.15) is 0 Å². The van der Waals surface area contributed by atoms with Crippen molar-refractivity contribution in [2.75, 3.05) is 38.2 Å². The summed E-state index contributed by atoms with van der Waals surface area (Å²) in [5, 5.41) is 16.6. The van der Waals surface area contributed by atoms with E-state index in [4.69, 9.17) is 5.11 Å². The number of pyridine rings is 1. The van der Waals surface area contributed by atoms with Gasteiger partial charge in [0, 0.05) is 32.4 Å². The minimum absolute atomic E-state index is 0.104. The number of hydrogen-bond acceptors (Lipinski definition) is 7. The van der Waals surface area contributed by atoms with Gasteiger partial charge in [-0.3, -0.25) is 4.79 Å². The number of aromatic amines is 1. The minimum Gasteiger partial charge on any atom is -0.395 e. The number of likely N-dealkylation sites (N-methyl/N-ethyl adjacent to an activating group) is 1. The fourth-order valence-electron chi connectivity index (χ4n) is 3.38. The summed E-state index contributed by atoms with van der Waals surface area (Å²) in [5.41, 5.74) is 1.74. The smallest absolute Gasteiger partial charge is 0.253 e. The second kappa shape index (κ2) is 8.26. The normalized spacial score (nSPS) is 17.0. The lowest BCUT2D eigenvalue weighted by Gasteiger charge is -2.23. The first kappa shape index (κ1) is 18.9. The number of amides is 1. The molecule has 0 aliphatic carbocycles. The molecule has 3 aromatic rings. The predicted octanol–water partition coefficient (Wildman–Crippen LogP) is 1.60. The lowest BCUT2D eigenvalue weighted by atomic mass is 10.1. The highest BCUT2D eigenvalue weighted by Gasteiger charge is 2.20. The summed E-state index contributed by atoms with van der Waals surface area (Å²) in [7, 11) is 1.94. The first-order valence-corrected chi connectivity index (χ1v) is 10.3. The number of carbonyl (C=O) groups is 1. The van der Waals surface area contributed by atoms with Crippen LogP contribution in [0.15, 0.2) is 24.4 Å². The molecule has 4 heterocycles. The van der Waals surface area contributed by atoms with E-state index in [1.165, 1.54) is 0 Å². The van der Waals surface area contributed by atoms with E-state index in [1.807, 2.05) is 24.1 Å². The van der Waals surface area contributed by atoms with Gasteiger partial charge >= 0.3 is 0 Å². The summed E-state index contributed by atoms with van der Waals surface area (Å²) < 4.78 is 0. The third kappa shape index (κ3) is 3.87. The number of aromatic nitrogens is 3. The predicted molar refractivity (Wildman–Crippen MR) is 111 cm³/mol. The highest BCUT2D eigenvalue weighted by Crippen LogP contribution is 2.32. The van der Waals surface area contributed by atoms with Gasteiger partial charge in [-0.15, -0.1) is 11.3 Å². The molecule has 4 N–H and O–H groups in total. The Morgan fingerprint density at radius 3 is 3.11 bits per heavy atom. The average Bonchev–Trinajstić information content (AvgIpc) is 3.35. The third-order valence-electron chi connectivity index (χ3n) is 4.91. The largest absolute Gasteiger partial charge is 0.395 e. The monoisotopic (exact) mass is 400 g/mol. The highest BCUT2D eigenvalue weighted by molar-refractivity contribution is 7.19. The number of thiophene rings is 1. The molecule has 9 heteroatoms. The van der Waals surface area contributed by atoms with Gasteiger partial charge in [-0.1, -0.05) is 0 Å². The Hall–Kier alpha value is -2.49. The van der Waals surface area contributed by atoms with Crippen LogP contribution in [0.3, 0.4) is 0 Å². The summed E-state index contributed by atoms with van der Waals surface area (Å²) in [6.07, 6.45) is 3.67. The van der Waals surface area contributed by atoms with Crippen LogP contribution in [0.4, 0.5) is 5.00 Å². The highest BCUT2D eigenvalue weighted by atomic mass is 32.1. The molecule has 1 amide bonds. The molecule has 8 nitrogen and oxygen atoms in total. The van der Waals surface area contributed by atoms with Crippen LogP contribution in [-0.4, -0.2) is 65.3 Å². The lowest BCUT2D eigenvalue weighted by Crippen LogP contribution is -2.45. The number of piperidine rings is 1. The number of nitrogens with zero attached hydrogens (tertiary/aromatic N) is 3. The van der Waals surface area contributed by atoms with E-state index in [9.17, 15) is 4.79 Å². The van der Waals surface area contributed by atoms with Gasteiger partial charge in [0.25, 0.3) is 5.91 Å². The summed E-state index contributed by atoms with van der Waals surface area (Å²) in [5.74, 6) is 0.585. The number of imidazole rings is 1. The lowest BCUT2D eigenvalue weighted by molar-refractivity contribution is 0.0932. The number of H-pyrrole nitrogens is 1. The Labute approximate surface area is 167 Å². The van der Waals surface area contributed by atoms with E-state index in [0.717, 1.165) is 35.8 Å². The van der Waals surface area contributed by atoms with Crippen LogP contribution in [0.5, 0.6) is 0 Å². The van der Waals surface area contributed by atoms with Crippen LogP contribution < -0.4 is 15.5 Å². The molecule has 1 aliphatic heterocycles. The Morgan fingerprint density at radius 1 is 1.43 bits per heavy atom. The summed E-state index contributed by atoms with van der Waals surface area (Å²) in [4.78, 5) is 27.9. The number of aliphatic hydroxyl groups excluding tert-OH is 1. The molecular formula is C19H24N6O2S. The molecule has 1 fully saturated rings. The molecule has 1 atom stereocenters. The first-order valence-electron chi connectivity index (χ1n) is 9.44. The fourth-order valence-corrected chi connectivity index (χ4v) is 4.31. The first-order chi connectivity index (χ1) is 13.7. The van der Waals surface area contributed by atoms with E-state index in [0.29, 0.717) is 29.1 Å². The molecule has 1 unspecified atom stereocenters. The number of nitrogens with one attached hydrogen (secondary N) is 3. The van der Waals surface area contributed by atoms with Crippen LogP contribution in [0.1, 0.15) is 23.2 Å². The van der Waals surface area contributed by atoms with Crippen molar-refractivity contribution in [1.29, 1.82) is 0 Å². The zero-order chi connectivity index (χ0) is 19.5. The fraction of sp³-hybridized carbons (Fsp3) is 0.421. The van der Waals surface area contributed by atoms with Crippen LogP contribution in [-0.2, 0) is 0 Å². The number of fused-ring (bicyclic) bond motifs is 1. The zero-order valence-electron chi connectivity index (χ0n) is 15.7. The van der Waals surface area contributed by atoms with Crippen molar-refractivity contribution >= 4 is 33.4 Å². The number of carbonyl (C=O) groups excluding carboxylic acids is 1. The van der Waals surface area contributed by atoms with Crippen LogP contribution in [0, 0.1) is 0 Å². The van der Waals surface area contributed by atoms with E-state index >= 15 is 0 Å². The maximum absolute atomic E-state index is 12.8. The van der Waals surface area contributed by atoms with Crippen molar-refractivity contribution < 1.29 is 9.90 Å². The van der Waals surface area contributed by atoms with Gasteiger partial charge < -0.3 is 25.6 Å². The van der Waals surface area contributed by atoms with E-state index in [-0.39, 0.29) is 18.6 Å². The van der Waals surface area contributed by atoms with Gasteiger partial charge in [-0.05, 0) is 37.6 Å². The molecule has 0 bridgehead atoms. The molecule has 148 valence electrons. The molecule has 0 spiro atoms. The Morgan fingerprint density at radius 2 is 2.32 bits per heavy atom. The topological polar surface area (TPSA) is 106 Å². The Kier molecular flexibility index (Phi) is 5.56. The van der Waals surface area contributed by atoms with Gasteiger partial charge in [0.15, 0.2) is 11.5 Å². The maximum atomic E-state index is 12.8. The van der Waals surface area contributed by atoms with E-state index in [1.54, 1.807) is 23.6 Å². The van der Waals surface area contributed by atoms with Crippen molar-refractivity contribution in [1.82, 2.24) is 25.6 Å². The average molecular weight is 401 g/mol. The molecule has 0 aromatic carbocycles. The Balaban J connectivity index is 1.59. The number of anilines is 1. The SMILES string of the molecule is CN(CCO)c1ccc(-c2nc3nccc(C(=O)NC4CCCNC4)c3[nH]2)s1. The van der Waals surface area contributed by atoms with Crippen LogP contribution in [0.2, 0.25) is 0 Å².